The number of fused-ring (bicyclic) bond motifs is 6. The average molecular weight is 484 g/mol. The van der Waals surface area contributed by atoms with Crippen LogP contribution in [-0.4, -0.2) is 4.57 Å². The summed E-state index contributed by atoms with van der Waals surface area (Å²) in [6.45, 7) is 0. The average Bonchev–Trinajstić information content (AvgIpc) is 3.52. The summed E-state index contributed by atoms with van der Waals surface area (Å²) in [6.07, 6.45) is 1.00. The first kappa shape index (κ1) is 21.2. The van der Waals surface area contributed by atoms with E-state index in [0.29, 0.717) is 0 Å². The Hall–Kier alpha value is -4.88. The molecule has 7 aromatic rings. The maximum absolute atomic E-state index is 2.40. The first-order valence-electron chi connectivity index (χ1n) is 13.2. The van der Waals surface area contributed by atoms with Crippen molar-refractivity contribution in [3.8, 4) is 39.1 Å². The minimum atomic E-state index is 1.00. The predicted octanol–water partition coefficient (Wildman–Crippen LogP) is 9.69. The molecule has 0 saturated heterocycles. The molecule has 0 fully saturated rings. The molecule has 1 heterocycles. The normalized spacial score (nSPS) is 12.1. The summed E-state index contributed by atoms with van der Waals surface area (Å²) in [7, 11) is 0. The molecule has 0 radical (unpaired) electrons. The van der Waals surface area contributed by atoms with E-state index in [4.69, 9.17) is 0 Å². The van der Waals surface area contributed by atoms with Crippen LogP contribution >= 0.6 is 0 Å². The van der Waals surface area contributed by atoms with E-state index >= 15 is 0 Å². The zero-order valence-corrected chi connectivity index (χ0v) is 20.9. The molecule has 1 nitrogen and oxygen atoms in total. The molecule has 1 aliphatic carbocycles. The Morgan fingerprint density at radius 2 is 0.947 bits per heavy atom. The molecule has 178 valence electrons. The highest BCUT2D eigenvalue weighted by Gasteiger charge is 2.20. The first-order chi connectivity index (χ1) is 18.8. The maximum Gasteiger partial charge on any atom is 0.0541 e. The van der Waals surface area contributed by atoms with Gasteiger partial charge < -0.3 is 4.57 Å². The van der Waals surface area contributed by atoms with E-state index in [9.17, 15) is 0 Å². The van der Waals surface area contributed by atoms with Crippen LogP contribution in [0.5, 0.6) is 0 Å². The van der Waals surface area contributed by atoms with Gasteiger partial charge >= 0.3 is 0 Å². The highest BCUT2D eigenvalue weighted by Crippen LogP contribution is 2.42. The van der Waals surface area contributed by atoms with Gasteiger partial charge in [-0.3, -0.25) is 0 Å². The topological polar surface area (TPSA) is 4.93 Å². The zero-order chi connectivity index (χ0) is 25.1. The van der Waals surface area contributed by atoms with Crippen LogP contribution in [0, 0.1) is 0 Å². The molecule has 0 atom stereocenters. The number of aromatic nitrogens is 1. The van der Waals surface area contributed by atoms with Crippen molar-refractivity contribution in [2.75, 3.05) is 0 Å². The van der Waals surface area contributed by atoms with Crippen LogP contribution in [0.25, 0.3) is 60.9 Å². The number of rotatable bonds is 3. The number of benzene rings is 6. The Morgan fingerprint density at radius 1 is 0.395 bits per heavy atom. The van der Waals surface area contributed by atoms with Gasteiger partial charge in [0.25, 0.3) is 0 Å². The van der Waals surface area contributed by atoms with E-state index in [1.807, 2.05) is 0 Å². The Kier molecular flexibility index (Phi) is 4.65. The van der Waals surface area contributed by atoms with Crippen LogP contribution < -0.4 is 0 Å². The third-order valence-electron chi connectivity index (χ3n) is 8.02. The monoisotopic (exact) mass is 483 g/mol. The molecular weight excluding hydrogens is 458 g/mol. The maximum atomic E-state index is 2.40. The van der Waals surface area contributed by atoms with Crippen molar-refractivity contribution in [3.63, 3.8) is 0 Å². The minimum Gasteiger partial charge on any atom is -0.309 e. The van der Waals surface area contributed by atoms with Gasteiger partial charge in [0.15, 0.2) is 0 Å². The second-order valence-corrected chi connectivity index (χ2v) is 10.2. The van der Waals surface area contributed by atoms with E-state index in [0.717, 1.165) is 6.42 Å². The molecule has 1 aromatic heterocycles. The summed E-state index contributed by atoms with van der Waals surface area (Å²) in [6, 6.07) is 50.9. The van der Waals surface area contributed by atoms with Gasteiger partial charge in [-0.05, 0) is 93.4 Å². The molecule has 0 aliphatic heterocycles. The smallest absolute Gasteiger partial charge is 0.0541 e. The first-order valence-corrected chi connectivity index (χ1v) is 13.2. The Labute approximate surface area is 222 Å². The van der Waals surface area contributed by atoms with Gasteiger partial charge in [0.05, 0.1) is 11.0 Å². The minimum absolute atomic E-state index is 1.00. The summed E-state index contributed by atoms with van der Waals surface area (Å²) in [5.41, 5.74) is 14.3. The molecule has 0 N–H and O–H groups in total. The molecule has 0 amide bonds. The van der Waals surface area contributed by atoms with Crippen LogP contribution in [0.1, 0.15) is 11.1 Å². The molecule has 0 spiro atoms. The highest BCUT2D eigenvalue weighted by molar-refractivity contribution is 6.10. The highest BCUT2D eigenvalue weighted by atomic mass is 15.0. The SMILES string of the molecule is c1ccc(-c2ccc3c(c2)-c2cc(-c4ccc5c(c4)c4ccccc4n5-c4ccccc4)ccc2C3)cc1. The number of hydrogen-bond donors (Lipinski definition) is 0. The van der Waals surface area contributed by atoms with E-state index in [1.165, 1.54) is 72.0 Å². The van der Waals surface area contributed by atoms with Crippen molar-refractivity contribution >= 4 is 21.8 Å². The number of hydrogen-bond acceptors (Lipinski definition) is 0. The van der Waals surface area contributed by atoms with Gasteiger partial charge in [0.1, 0.15) is 0 Å². The summed E-state index contributed by atoms with van der Waals surface area (Å²) >= 11 is 0. The Morgan fingerprint density at radius 3 is 1.68 bits per heavy atom. The van der Waals surface area contributed by atoms with Gasteiger partial charge in [0.2, 0.25) is 0 Å². The van der Waals surface area contributed by atoms with Crippen molar-refractivity contribution in [3.05, 3.63) is 151 Å². The van der Waals surface area contributed by atoms with E-state index in [2.05, 4.69) is 144 Å². The Bertz CT molecular complexity index is 1980. The van der Waals surface area contributed by atoms with Crippen molar-refractivity contribution in [1.82, 2.24) is 4.57 Å². The fourth-order valence-electron chi connectivity index (χ4n) is 6.17. The van der Waals surface area contributed by atoms with Crippen molar-refractivity contribution in [2.45, 2.75) is 6.42 Å². The van der Waals surface area contributed by atoms with Crippen molar-refractivity contribution in [2.24, 2.45) is 0 Å². The lowest BCUT2D eigenvalue weighted by Gasteiger charge is -2.10. The molecule has 38 heavy (non-hydrogen) atoms. The van der Waals surface area contributed by atoms with Crippen LogP contribution in [-0.2, 0) is 6.42 Å². The van der Waals surface area contributed by atoms with Gasteiger partial charge in [-0.25, -0.2) is 0 Å². The lowest BCUT2D eigenvalue weighted by Crippen LogP contribution is -1.92. The van der Waals surface area contributed by atoms with E-state index < -0.39 is 0 Å². The summed E-state index contributed by atoms with van der Waals surface area (Å²) < 4.78 is 2.37. The molecule has 0 unspecified atom stereocenters. The fourth-order valence-corrected chi connectivity index (χ4v) is 6.17. The summed E-state index contributed by atoms with van der Waals surface area (Å²) in [5, 5.41) is 2.57. The predicted molar refractivity (Wildman–Crippen MR) is 160 cm³/mol. The van der Waals surface area contributed by atoms with Crippen LogP contribution in [0.3, 0.4) is 0 Å². The zero-order valence-electron chi connectivity index (χ0n) is 20.9. The lowest BCUT2D eigenvalue weighted by atomic mass is 9.96. The standard InChI is InChI=1S/C37H25N/c1-3-9-25(10-4-1)26-15-17-29-21-30-18-16-27(23-34(30)33(29)22-26)28-19-20-37-35(24-28)32-13-7-8-14-36(32)38(37)31-11-5-2-6-12-31/h1-20,22-24H,21H2. The molecule has 8 rings (SSSR count). The van der Waals surface area contributed by atoms with E-state index in [1.54, 1.807) is 0 Å². The number of nitrogens with zero attached hydrogens (tertiary/aromatic N) is 1. The fraction of sp³-hybridized carbons (Fsp3) is 0.0270. The lowest BCUT2D eigenvalue weighted by molar-refractivity contribution is 1.18. The Balaban J connectivity index is 1.27. The molecule has 1 aliphatic rings. The van der Waals surface area contributed by atoms with Crippen LogP contribution in [0.15, 0.2) is 140 Å². The largest absolute Gasteiger partial charge is 0.309 e. The van der Waals surface area contributed by atoms with Crippen molar-refractivity contribution in [1.29, 1.82) is 0 Å². The summed E-state index contributed by atoms with van der Waals surface area (Å²) in [5.74, 6) is 0. The van der Waals surface area contributed by atoms with Gasteiger partial charge in [-0.15, -0.1) is 0 Å². The second-order valence-electron chi connectivity index (χ2n) is 10.2. The van der Waals surface area contributed by atoms with E-state index in [-0.39, 0.29) is 0 Å². The molecule has 6 aromatic carbocycles. The van der Waals surface area contributed by atoms with Crippen molar-refractivity contribution < 1.29 is 0 Å². The number of para-hydroxylation sites is 2. The quantitative estimate of drug-likeness (QED) is 0.236. The second kappa shape index (κ2) is 8.33. The summed E-state index contributed by atoms with van der Waals surface area (Å²) in [4.78, 5) is 0. The molecule has 0 saturated carbocycles. The van der Waals surface area contributed by atoms with Gasteiger partial charge in [-0.2, -0.15) is 0 Å². The van der Waals surface area contributed by atoms with Crippen LogP contribution in [0.2, 0.25) is 0 Å². The van der Waals surface area contributed by atoms with Gasteiger partial charge in [0, 0.05) is 16.5 Å². The van der Waals surface area contributed by atoms with Crippen LogP contribution in [0.4, 0.5) is 0 Å². The third-order valence-corrected chi connectivity index (χ3v) is 8.02. The molecule has 1 heteroatoms. The molecule has 0 bridgehead atoms. The molecular formula is C37H25N. The third kappa shape index (κ3) is 3.26. The van der Waals surface area contributed by atoms with Gasteiger partial charge in [-0.1, -0.05) is 97.1 Å².